The number of hydrogen-bond donors (Lipinski definition) is 3. The van der Waals surface area contributed by atoms with E-state index in [2.05, 4.69) is 20.8 Å². The highest BCUT2D eigenvalue weighted by molar-refractivity contribution is 7.13. The number of aromatic nitrogens is 2. The lowest BCUT2D eigenvalue weighted by Crippen LogP contribution is -2.32. The fourth-order valence-electron chi connectivity index (χ4n) is 1.77. The number of hydrogen-bond acceptors (Lipinski definition) is 7. The van der Waals surface area contributed by atoms with Crippen molar-refractivity contribution in [1.82, 2.24) is 15.5 Å². The third kappa shape index (κ3) is 4.06. The molecule has 0 radical (unpaired) electrons. The molecule has 118 valence electrons. The second-order valence-electron chi connectivity index (χ2n) is 4.20. The summed E-state index contributed by atoms with van der Waals surface area (Å²) < 4.78 is 10.3. The Kier molecular flexibility index (Phi) is 5.50. The summed E-state index contributed by atoms with van der Waals surface area (Å²) in [5.41, 5.74) is 2.03. The summed E-state index contributed by atoms with van der Waals surface area (Å²) in [6, 6.07) is 4.61. The summed E-state index contributed by atoms with van der Waals surface area (Å²) in [4.78, 5) is 11.7. The van der Waals surface area contributed by atoms with Crippen molar-refractivity contribution in [2.24, 2.45) is 0 Å². The molecule has 0 fully saturated rings. The van der Waals surface area contributed by atoms with E-state index in [4.69, 9.17) is 9.47 Å². The molecule has 0 bridgehead atoms. The lowest BCUT2D eigenvalue weighted by atomic mass is 10.1. The first-order chi connectivity index (χ1) is 10.6. The van der Waals surface area contributed by atoms with Crippen LogP contribution in [0.2, 0.25) is 0 Å². The summed E-state index contributed by atoms with van der Waals surface area (Å²) in [5.74, 6) is 1.10. The fourth-order valence-corrected chi connectivity index (χ4v) is 2.21. The summed E-state index contributed by atoms with van der Waals surface area (Å²) in [5, 5.41) is 23.0. The second kappa shape index (κ2) is 7.57. The first kappa shape index (κ1) is 16.0. The van der Waals surface area contributed by atoms with Crippen LogP contribution in [0, 0.1) is 0 Å². The normalized spacial score (nSPS) is 11.6. The van der Waals surface area contributed by atoms with Crippen LogP contribution in [-0.2, 0) is 0 Å². The molecule has 0 unspecified atom stereocenters. The average Bonchev–Trinajstić information content (AvgIpc) is 3.04. The van der Waals surface area contributed by atoms with Crippen molar-refractivity contribution in [2.45, 2.75) is 6.10 Å². The van der Waals surface area contributed by atoms with Crippen molar-refractivity contribution >= 4 is 22.5 Å². The van der Waals surface area contributed by atoms with E-state index >= 15 is 0 Å². The molecule has 0 aliphatic heterocycles. The van der Waals surface area contributed by atoms with Gasteiger partial charge in [-0.05, 0) is 18.2 Å². The van der Waals surface area contributed by atoms with Gasteiger partial charge in [-0.2, -0.15) is 0 Å². The lowest BCUT2D eigenvalue weighted by molar-refractivity contribution is 0.170. The number of carbonyl (C=O) groups excluding carboxylic acids is 1. The highest BCUT2D eigenvalue weighted by Crippen LogP contribution is 2.29. The molecule has 3 N–H and O–H groups in total. The number of anilines is 1. The molecule has 1 aromatic heterocycles. The minimum Gasteiger partial charge on any atom is -0.497 e. The molecule has 2 aromatic rings. The van der Waals surface area contributed by atoms with Crippen LogP contribution in [0.15, 0.2) is 23.7 Å². The largest absolute Gasteiger partial charge is 0.497 e. The molecular formula is C13H16N4O4S. The zero-order valence-corrected chi connectivity index (χ0v) is 12.9. The zero-order chi connectivity index (χ0) is 15.9. The molecule has 0 aliphatic carbocycles. The highest BCUT2D eigenvalue weighted by atomic mass is 32.1. The van der Waals surface area contributed by atoms with Gasteiger partial charge in [0.2, 0.25) is 5.13 Å². The smallest absolute Gasteiger partial charge is 0.321 e. The molecule has 2 amide bonds. The van der Waals surface area contributed by atoms with Crippen LogP contribution >= 0.6 is 11.3 Å². The van der Waals surface area contributed by atoms with E-state index in [1.165, 1.54) is 31.1 Å². The SMILES string of the molecule is COc1ccc(OC)c([C@@H](O)CNC(=O)Nc2nncs2)c1. The van der Waals surface area contributed by atoms with Crippen LogP contribution in [0.4, 0.5) is 9.93 Å². The molecule has 0 saturated carbocycles. The van der Waals surface area contributed by atoms with Crippen molar-refractivity contribution in [1.29, 1.82) is 0 Å². The van der Waals surface area contributed by atoms with Crippen LogP contribution < -0.4 is 20.1 Å². The van der Waals surface area contributed by atoms with E-state index in [9.17, 15) is 9.90 Å². The molecule has 1 aromatic carbocycles. The van der Waals surface area contributed by atoms with Crippen molar-refractivity contribution in [2.75, 3.05) is 26.1 Å². The van der Waals surface area contributed by atoms with Gasteiger partial charge >= 0.3 is 6.03 Å². The molecule has 22 heavy (non-hydrogen) atoms. The first-order valence-electron chi connectivity index (χ1n) is 6.35. The van der Waals surface area contributed by atoms with E-state index < -0.39 is 12.1 Å². The second-order valence-corrected chi connectivity index (χ2v) is 5.04. The van der Waals surface area contributed by atoms with E-state index in [0.29, 0.717) is 22.2 Å². The van der Waals surface area contributed by atoms with E-state index in [0.717, 1.165) is 0 Å². The van der Waals surface area contributed by atoms with Gasteiger partial charge in [-0.1, -0.05) is 11.3 Å². The quantitative estimate of drug-likeness (QED) is 0.742. The van der Waals surface area contributed by atoms with E-state index in [1.807, 2.05) is 0 Å². The molecule has 1 heterocycles. The van der Waals surface area contributed by atoms with Gasteiger partial charge in [0.1, 0.15) is 23.1 Å². The van der Waals surface area contributed by atoms with Gasteiger partial charge in [-0.15, -0.1) is 10.2 Å². The number of benzene rings is 1. The Hall–Kier alpha value is -2.39. The number of methoxy groups -OCH3 is 2. The Morgan fingerprint density at radius 1 is 1.41 bits per heavy atom. The maximum absolute atomic E-state index is 11.7. The third-order valence-corrected chi connectivity index (χ3v) is 3.44. The molecule has 0 spiro atoms. The Labute approximate surface area is 131 Å². The Morgan fingerprint density at radius 2 is 2.23 bits per heavy atom. The van der Waals surface area contributed by atoms with Gasteiger partial charge in [0.15, 0.2) is 0 Å². The number of nitrogens with one attached hydrogen (secondary N) is 2. The van der Waals surface area contributed by atoms with Gasteiger partial charge in [0.25, 0.3) is 0 Å². The fraction of sp³-hybridized carbons (Fsp3) is 0.308. The van der Waals surface area contributed by atoms with Gasteiger partial charge in [-0.3, -0.25) is 5.32 Å². The number of nitrogens with zero attached hydrogens (tertiary/aromatic N) is 2. The first-order valence-corrected chi connectivity index (χ1v) is 7.23. The van der Waals surface area contributed by atoms with Crippen LogP contribution in [0.25, 0.3) is 0 Å². The molecule has 2 rings (SSSR count). The summed E-state index contributed by atoms with van der Waals surface area (Å²) in [7, 11) is 3.04. The predicted molar refractivity (Wildman–Crippen MR) is 81.4 cm³/mol. The topological polar surface area (TPSA) is 106 Å². The van der Waals surface area contributed by atoms with Gasteiger partial charge in [-0.25, -0.2) is 4.79 Å². The molecule has 0 aliphatic rings. The van der Waals surface area contributed by atoms with Crippen molar-refractivity contribution in [3.05, 3.63) is 29.3 Å². The standard InChI is InChI=1S/C13H16N4O4S/c1-20-8-3-4-11(21-2)9(5-8)10(18)6-14-12(19)16-13-17-15-7-22-13/h3-5,7,10,18H,6H2,1-2H3,(H2,14,16,17,19)/t10-/m0/s1. The van der Waals surface area contributed by atoms with Crippen LogP contribution in [-0.4, -0.2) is 42.1 Å². The minimum absolute atomic E-state index is 0.00810. The van der Waals surface area contributed by atoms with Gasteiger partial charge < -0.3 is 19.9 Å². The van der Waals surface area contributed by atoms with Gasteiger partial charge in [0, 0.05) is 12.1 Å². The molecule has 9 heteroatoms. The number of ether oxygens (including phenoxy) is 2. The maximum Gasteiger partial charge on any atom is 0.321 e. The Bertz CT molecular complexity index is 621. The number of rotatable bonds is 6. The summed E-state index contributed by atoms with van der Waals surface area (Å²) in [6.07, 6.45) is -0.940. The third-order valence-electron chi connectivity index (χ3n) is 2.83. The minimum atomic E-state index is -0.940. The van der Waals surface area contributed by atoms with E-state index in [1.54, 1.807) is 18.2 Å². The van der Waals surface area contributed by atoms with Crippen molar-refractivity contribution in [3.8, 4) is 11.5 Å². The number of amides is 2. The monoisotopic (exact) mass is 324 g/mol. The predicted octanol–water partition coefficient (Wildman–Crippen LogP) is 1.41. The molecule has 1 atom stereocenters. The van der Waals surface area contributed by atoms with Gasteiger partial charge in [0.05, 0.1) is 14.2 Å². The Morgan fingerprint density at radius 3 is 2.86 bits per heavy atom. The highest BCUT2D eigenvalue weighted by Gasteiger charge is 2.16. The number of aliphatic hydroxyl groups is 1. The lowest BCUT2D eigenvalue weighted by Gasteiger charge is -2.16. The van der Waals surface area contributed by atoms with Crippen LogP contribution in [0.3, 0.4) is 0 Å². The van der Waals surface area contributed by atoms with Crippen molar-refractivity contribution in [3.63, 3.8) is 0 Å². The molecule has 0 saturated heterocycles. The number of urea groups is 1. The maximum atomic E-state index is 11.7. The molecular weight excluding hydrogens is 308 g/mol. The van der Waals surface area contributed by atoms with E-state index in [-0.39, 0.29) is 6.54 Å². The summed E-state index contributed by atoms with van der Waals surface area (Å²) in [6.45, 7) is 0.00810. The van der Waals surface area contributed by atoms with Crippen molar-refractivity contribution < 1.29 is 19.4 Å². The zero-order valence-electron chi connectivity index (χ0n) is 12.1. The van der Waals surface area contributed by atoms with Crippen LogP contribution in [0.5, 0.6) is 11.5 Å². The number of aliphatic hydroxyl groups excluding tert-OH is 1. The Balaban J connectivity index is 1.96. The number of carbonyl (C=O) groups is 1. The summed E-state index contributed by atoms with van der Waals surface area (Å²) >= 11 is 1.20. The molecule has 8 nitrogen and oxygen atoms in total. The average molecular weight is 324 g/mol. The van der Waals surface area contributed by atoms with Crippen LogP contribution in [0.1, 0.15) is 11.7 Å².